The number of rotatable bonds is 4. The molecule has 0 aliphatic heterocycles. The maximum absolute atomic E-state index is 13.2. The van der Waals surface area contributed by atoms with Gasteiger partial charge >= 0.3 is 5.97 Å². The Bertz CT molecular complexity index is 313. The van der Waals surface area contributed by atoms with Crippen LogP contribution < -0.4 is 0 Å². The van der Waals surface area contributed by atoms with Crippen LogP contribution in [0.25, 0.3) is 0 Å². The van der Waals surface area contributed by atoms with Crippen molar-refractivity contribution in [3.8, 4) is 0 Å². The Kier molecular flexibility index (Phi) is 3.63. The van der Waals surface area contributed by atoms with Crippen LogP contribution in [0.1, 0.15) is 25.7 Å². The van der Waals surface area contributed by atoms with Crippen molar-refractivity contribution in [1.29, 1.82) is 0 Å². The van der Waals surface area contributed by atoms with E-state index in [0.29, 0.717) is 24.8 Å². The van der Waals surface area contributed by atoms with Crippen molar-refractivity contribution >= 4 is 5.97 Å². The van der Waals surface area contributed by atoms with Crippen LogP contribution in [0, 0.1) is 0 Å². The summed E-state index contributed by atoms with van der Waals surface area (Å²) in [6.07, 6.45) is 4.65. The lowest BCUT2D eigenvalue weighted by Crippen LogP contribution is -1.98. The zero-order valence-corrected chi connectivity index (χ0v) is 7.92. The highest BCUT2D eigenvalue weighted by Gasteiger charge is 2.10. The van der Waals surface area contributed by atoms with Crippen LogP contribution in [-0.4, -0.2) is 11.1 Å². The van der Waals surface area contributed by atoms with Crippen LogP contribution in [0.5, 0.6) is 0 Å². The number of carboxylic acids is 1. The molecule has 0 fully saturated rings. The summed E-state index contributed by atoms with van der Waals surface area (Å²) in [4.78, 5) is 10.2. The van der Waals surface area contributed by atoms with Gasteiger partial charge in [-0.1, -0.05) is 18.2 Å². The van der Waals surface area contributed by atoms with E-state index in [1.54, 1.807) is 6.08 Å². The van der Waals surface area contributed by atoms with Gasteiger partial charge in [-0.25, -0.2) is 4.39 Å². The van der Waals surface area contributed by atoms with Crippen LogP contribution in [0.3, 0.4) is 0 Å². The summed E-state index contributed by atoms with van der Waals surface area (Å²) in [7, 11) is 0. The van der Waals surface area contributed by atoms with Gasteiger partial charge in [-0.05, 0) is 30.9 Å². The molecule has 0 unspecified atom stereocenters. The molecule has 0 aromatic carbocycles. The van der Waals surface area contributed by atoms with Crippen molar-refractivity contribution in [3.05, 3.63) is 35.7 Å². The Labute approximate surface area is 82.4 Å². The first-order valence-corrected chi connectivity index (χ1v) is 4.55. The van der Waals surface area contributed by atoms with Crippen molar-refractivity contribution in [2.24, 2.45) is 0 Å². The topological polar surface area (TPSA) is 37.3 Å². The second-order valence-electron chi connectivity index (χ2n) is 3.37. The molecule has 14 heavy (non-hydrogen) atoms. The highest BCUT2D eigenvalue weighted by Crippen LogP contribution is 2.26. The van der Waals surface area contributed by atoms with Crippen LogP contribution >= 0.6 is 0 Å². The van der Waals surface area contributed by atoms with E-state index in [1.807, 2.05) is 0 Å². The molecule has 0 saturated carbocycles. The van der Waals surface area contributed by atoms with Gasteiger partial charge in [0, 0.05) is 6.42 Å². The second-order valence-corrected chi connectivity index (χ2v) is 3.37. The van der Waals surface area contributed by atoms with E-state index in [2.05, 4.69) is 6.58 Å². The summed E-state index contributed by atoms with van der Waals surface area (Å²) >= 11 is 0. The molecule has 0 heterocycles. The first-order chi connectivity index (χ1) is 6.59. The lowest BCUT2D eigenvalue weighted by Gasteiger charge is -2.11. The summed E-state index contributed by atoms with van der Waals surface area (Å²) < 4.78 is 13.2. The Morgan fingerprint density at radius 3 is 2.93 bits per heavy atom. The number of aliphatic carboxylic acids is 1. The molecule has 1 rings (SSSR count). The molecule has 0 bridgehead atoms. The van der Waals surface area contributed by atoms with Crippen molar-refractivity contribution in [1.82, 2.24) is 0 Å². The lowest BCUT2D eigenvalue weighted by atomic mass is 9.96. The summed E-state index contributed by atoms with van der Waals surface area (Å²) in [5.41, 5.74) is 1.54. The SMILES string of the molecule is C=C1C=CC(F)=C(CCCC(=O)O)C1. The third-order valence-electron chi connectivity index (χ3n) is 2.11. The molecular formula is C11H13FO2. The van der Waals surface area contributed by atoms with E-state index in [1.165, 1.54) is 6.08 Å². The first kappa shape index (κ1) is 10.7. The molecule has 0 atom stereocenters. The molecule has 0 saturated heterocycles. The molecule has 2 nitrogen and oxygen atoms in total. The number of allylic oxidation sites excluding steroid dienone is 5. The third-order valence-corrected chi connectivity index (χ3v) is 2.11. The minimum absolute atomic E-state index is 0.0902. The molecule has 3 heteroatoms. The van der Waals surface area contributed by atoms with Gasteiger partial charge in [0.25, 0.3) is 0 Å². The van der Waals surface area contributed by atoms with Gasteiger partial charge < -0.3 is 5.11 Å². The standard InChI is InChI=1S/C11H13FO2/c1-8-5-6-10(12)9(7-8)3-2-4-11(13)14/h5-6H,1-4,7H2,(H,13,14). The van der Waals surface area contributed by atoms with E-state index < -0.39 is 5.97 Å². The molecule has 0 spiro atoms. The third kappa shape index (κ3) is 3.17. The van der Waals surface area contributed by atoms with E-state index in [4.69, 9.17) is 5.11 Å². The average molecular weight is 196 g/mol. The van der Waals surface area contributed by atoms with E-state index >= 15 is 0 Å². The van der Waals surface area contributed by atoms with Gasteiger partial charge in [0.2, 0.25) is 0 Å². The zero-order valence-electron chi connectivity index (χ0n) is 7.92. The molecule has 0 aromatic rings. The lowest BCUT2D eigenvalue weighted by molar-refractivity contribution is -0.137. The van der Waals surface area contributed by atoms with Crippen molar-refractivity contribution in [2.75, 3.05) is 0 Å². The summed E-state index contributed by atoms with van der Waals surface area (Å²) in [6.45, 7) is 3.74. The quantitative estimate of drug-likeness (QED) is 0.750. The number of hydrogen-bond donors (Lipinski definition) is 1. The monoisotopic (exact) mass is 196 g/mol. The van der Waals surface area contributed by atoms with Crippen LogP contribution in [0.2, 0.25) is 0 Å². The highest BCUT2D eigenvalue weighted by molar-refractivity contribution is 5.66. The van der Waals surface area contributed by atoms with Gasteiger partial charge in [-0.3, -0.25) is 4.79 Å². The number of hydrogen-bond acceptors (Lipinski definition) is 1. The molecule has 1 N–H and O–H groups in total. The Morgan fingerprint density at radius 2 is 2.29 bits per heavy atom. The van der Waals surface area contributed by atoms with Crippen LogP contribution in [0.15, 0.2) is 35.7 Å². The van der Waals surface area contributed by atoms with E-state index in [-0.39, 0.29) is 12.2 Å². The zero-order chi connectivity index (χ0) is 10.6. The number of halogens is 1. The van der Waals surface area contributed by atoms with Gasteiger partial charge in [0.15, 0.2) is 0 Å². The largest absolute Gasteiger partial charge is 0.481 e. The summed E-state index contributed by atoms with van der Waals surface area (Å²) in [6, 6.07) is 0. The smallest absolute Gasteiger partial charge is 0.303 e. The van der Waals surface area contributed by atoms with Crippen LogP contribution in [0.4, 0.5) is 4.39 Å². The Hall–Kier alpha value is -1.38. The predicted molar refractivity (Wildman–Crippen MR) is 52.5 cm³/mol. The fraction of sp³-hybridized carbons (Fsp3) is 0.364. The minimum Gasteiger partial charge on any atom is -0.481 e. The predicted octanol–water partition coefficient (Wildman–Crippen LogP) is 2.98. The van der Waals surface area contributed by atoms with Gasteiger partial charge in [-0.15, -0.1) is 0 Å². The van der Waals surface area contributed by atoms with Gasteiger partial charge in [0.1, 0.15) is 5.83 Å². The average Bonchev–Trinajstić information content (AvgIpc) is 2.10. The molecule has 1 aliphatic rings. The Morgan fingerprint density at radius 1 is 1.57 bits per heavy atom. The highest BCUT2D eigenvalue weighted by atomic mass is 19.1. The van der Waals surface area contributed by atoms with Crippen molar-refractivity contribution in [2.45, 2.75) is 25.7 Å². The summed E-state index contributed by atoms with van der Waals surface area (Å²) in [5.74, 6) is -1.07. The molecule has 76 valence electrons. The molecular weight excluding hydrogens is 183 g/mol. The maximum Gasteiger partial charge on any atom is 0.303 e. The Balaban J connectivity index is 2.47. The van der Waals surface area contributed by atoms with Gasteiger partial charge in [-0.2, -0.15) is 0 Å². The maximum atomic E-state index is 13.2. The fourth-order valence-electron chi connectivity index (χ4n) is 1.39. The normalized spacial score (nSPS) is 16.2. The molecule has 0 aromatic heterocycles. The van der Waals surface area contributed by atoms with Crippen molar-refractivity contribution in [3.63, 3.8) is 0 Å². The second kappa shape index (κ2) is 4.74. The molecule has 0 amide bonds. The number of carboxylic acid groups (broad SMARTS) is 1. The minimum atomic E-state index is -0.837. The number of carbonyl (C=O) groups is 1. The summed E-state index contributed by atoms with van der Waals surface area (Å²) in [5, 5.41) is 8.42. The fourth-order valence-corrected chi connectivity index (χ4v) is 1.39. The molecule has 0 radical (unpaired) electrons. The first-order valence-electron chi connectivity index (χ1n) is 4.55. The van der Waals surface area contributed by atoms with Crippen molar-refractivity contribution < 1.29 is 14.3 Å². The van der Waals surface area contributed by atoms with Gasteiger partial charge in [0.05, 0.1) is 0 Å². The molecule has 1 aliphatic carbocycles. The van der Waals surface area contributed by atoms with Crippen LogP contribution in [-0.2, 0) is 4.79 Å². The van der Waals surface area contributed by atoms with E-state index in [0.717, 1.165) is 5.57 Å². The van der Waals surface area contributed by atoms with E-state index in [9.17, 15) is 9.18 Å².